The molecular weight excluding hydrogens is 388 g/mol. The van der Waals surface area contributed by atoms with Crippen LogP contribution in [0.15, 0.2) is 78.9 Å². The molecule has 1 aromatic heterocycles. The lowest BCUT2D eigenvalue weighted by atomic mass is 9.85. The largest absolute Gasteiger partial charge is 0.396 e. The molecular formula is C26H28N2O3. The van der Waals surface area contributed by atoms with Gasteiger partial charge in [0.25, 0.3) is 0 Å². The highest BCUT2D eigenvalue weighted by Gasteiger charge is 2.38. The van der Waals surface area contributed by atoms with Crippen molar-refractivity contribution in [3.8, 4) is 0 Å². The van der Waals surface area contributed by atoms with Crippen LogP contribution in [-0.4, -0.2) is 38.1 Å². The van der Waals surface area contributed by atoms with Crippen molar-refractivity contribution in [3.63, 3.8) is 0 Å². The molecule has 31 heavy (non-hydrogen) atoms. The lowest BCUT2D eigenvalue weighted by Crippen LogP contribution is -2.32. The molecule has 0 radical (unpaired) electrons. The summed E-state index contributed by atoms with van der Waals surface area (Å²) in [5.74, 6) is 0.376. The van der Waals surface area contributed by atoms with Crippen molar-refractivity contribution in [1.29, 1.82) is 0 Å². The molecule has 3 N–H and O–H groups in total. The molecule has 3 aromatic carbocycles. The topological polar surface area (TPSA) is 78.5 Å². The summed E-state index contributed by atoms with van der Waals surface area (Å²) in [5, 5.41) is 31.1. The van der Waals surface area contributed by atoms with Gasteiger partial charge < -0.3 is 19.9 Å². The fourth-order valence-electron chi connectivity index (χ4n) is 4.20. The van der Waals surface area contributed by atoms with E-state index < -0.39 is 5.60 Å². The van der Waals surface area contributed by atoms with Crippen molar-refractivity contribution in [1.82, 2.24) is 9.55 Å². The molecule has 0 spiro atoms. The first-order valence-corrected chi connectivity index (χ1v) is 10.7. The van der Waals surface area contributed by atoms with Crippen molar-refractivity contribution in [2.24, 2.45) is 5.92 Å². The summed E-state index contributed by atoms with van der Waals surface area (Å²) in [6.45, 7) is 2.56. The second-order valence-electron chi connectivity index (χ2n) is 7.88. The number of benzene rings is 3. The van der Waals surface area contributed by atoms with E-state index in [-0.39, 0.29) is 19.1 Å². The maximum Gasteiger partial charge on any atom is 0.173 e. The fraction of sp³-hybridized carbons (Fsp3) is 0.269. The molecule has 0 atom stereocenters. The van der Waals surface area contributed by atoms with E-state index in [1.54, 1.807) is 0 Å². The Bertz CT molecular complexity index is 1100. The number of aliphatic hydroxyl groups excluding tert-OH is 2. The summed E-state index contributed by atoms with van der Waals surface area (Å²) < 4.78 is 2.05. The van der Waals surface area contributed by atoms with E-state index in [2.05, 4.69) is 0 Å². The molecule has 5 nitrogen and oxygen atoms in total. The van der Waals surface area contributed by atoms with E-state index >= 15 is 0 Å². The Morgan fingerprint density at radius 1 is 0.871 bits per heavy atom. The van der Waals surface area contributed by atoms with Gasteiger partial charge in [-0.2, -0.15) is 0 Å². The van der Waals surface area contributed by atoms with E-state index in [0.29, 0.717) is 18.8 Å². The molecule has 0 aliphatic heterocycles. The summed E-state index contributed by atoms with van der Waals surface area (Å²) in [6.07, 6.45) is 0.578. The van der Waals surface area contributed by atoms with Crippen LogP contribution < -0.4 is 0 Å². The maximum atomic E-state index is 12.2. The first kappa shape index (κ1) is 21.2. The second-order valence-corrected chi connectivity index (χ2v) is 7.88. The third kappa shape index (κ3) is 3.88. The lowest BCUT2D eigenvalue weighted by molar-refractivity contribution is 0.112. The highest BCUT2D eigenvalue weighted by Crippen LogP contribution is 2.37. The van der Waals surface area contributed by atoms with E-state index in [0.717, 1.165) is 27.7 Å². The number of hydrogen-bond acceptors (Lipinski definition) is 4. The van der Waals surface area contributed by atoms with Gasteiger partial charge in [0.2, 0.25) is 0 Å². The molecule has 5 heteroatoms. The molecule has 160 valence electrons. The van der Waals surface area contributed by atoms with Crippen LogP contribution in [0.25, 0.3) is 11.0 Å². The SMILES string of the molecule is CCn1c(C(O)(c2ccccc2)c2ccccc2)nc2ccc(CC(CO)CO)cc21. The first-order chi connectivity index (χ1) is 15.1. The van der Waals surface area contributed by atoms with Crippen molar-refractivity contribution in [2.75, 3.05) is 13.2 Å². The number of aryl methyl sites for hydroxylation is 1. The number of nitrogens with zero attached hydrogens (tertiary/aromatic N) is 2. The van der Waals surface area contributed by atoms with Crippen LogP contribution in [-0.2, 0) is 18.6 Å². The Hall–Kier alpha value is -2.99. The van der Waals surface area contributed by atoms with Crippen molar-refractivity contribution >= 4 is 11.0 Å². The predicted octanol–water partition coefficient (Wildman–Crippen LogP) is 3.48. The van der Waals surface area contributed by atoms with Crippen LogP contribution >= 0.6 is 0 Å². The number of hydrogen-bond donors (Lipinski definition) is 3. The number of aromatic nitrogens is 2. The van der Waals surface area contributed by atoms with Crippen LogP contribution in [0, 0.1) is 5.92 Å². The number of aliphatic hydroxyl groups is 3. The van der Waals surface area contributed by atoms with Crippen molar-refractivity contribution in [2.45, 2.75) is 25.5 Å². The van der Waals surface area contributed by atoms with Crippen LogP contribution in [0.2, 0.25) is 0 Å². The van der Waals surface area contributed by atoms with Gasteiger partial charge in [-0.1, -0.05) is 66.7 Å². The Morgan fingerprint density at radius 3 is 1.97 bits per heavy atom. The third-order valence-corrected chi connectivity index (χ3v) is 5.88. The van der Waals surface area contributed by atoms with Crippen molar-refractivity contribution in [3.05, 3.63) is 101 Å². The monoisotopic (exact) mass is 416 g/mol. The number of rotatable bonds is 8. The zero-order valence-corrected chi connectivity index (χ0v) is 17.6. The highest BCUT2D eigenvalue weighted by atomic mass is 16.3. The third-order valence-electron chi connectivity index (χ3n) is 5.88. The van der Waals surface area contributed by atoms with Gasteiger partial charge in [0.1, 0.15) is 0 Å². The Balaban J connectivity index is 1.91. The van der Waals surface area contributed by atoms with Gasteiger partial charge >= 0.3 is 0 Å². The van der Waals surface area contributed by atoms with E-state index in [9.17, 15) is 15.3 Å². The second kappa shape index (κ2) is 9.02. The van der Waals surface area contributed by atoms with Gasteiger partial charge in [-0.15, -0.1) is 0 Å². The van der Waals surface area contributed by atoms with Gasteiger partial charge in [0.05, 0.1) is 11.0 Å². The average Bonchev–Trinajstić information content (AvgIpc) is 3.21. The average molecular weight is 417 g/mol. The van der Waals surface area contributed by atoms with E-state index in [1.807, 2.05) is 90.4 Å². The highest BCUT2D eigenvalue weighted by molar-refractivity contribution is 5.77. The zero-order valence-electron chi connectivity index (χ0n) is 17.6. The summed E-state index contributed by atoms with van der Waals surface area (Å²) in [5.41, 5.74) is 2.85. The smallest absolute Gasteiger partial charge is 0.173 e. The van der Waals surface area contributed by atoms with Gasteiger partial charge in [0.15, 0.2) is 11.4 Å². The van der Waals surface area contributed by atoms with Gasteiger partial charge in [-0.05, 0) is 42.2 Å². The number of fused-ring (bicyclic) bond motifs is 1. The molecule has 0 aliphatic rings. The summed E-state index contributed by atoms with van der Waals surface area (Å²) >= 11 is 0. The first-order valence-electron chi connectivity index (χ1n) is 10.7. The summed E-state index contributed by atoms with van der Waals surface area (Å²) in [7, 11) is 0. The Kier molecular flexibility index (Phi) is 6.18. The molecule has 0 fully saturated rings. The normalized spacial score (nSPS) is 12.0. The minimum absolute atomic E-state index is 0.0609. The Morgan fingerprint density at radius 2 is 1.45 bits per heavy atom. The van der Waals surface area contributed by atoms with Gasteiger partial charge in [0, 0.05) is 25.7 Å². The predicted molar refractivity (Wildman–Crippen MR) is 122 cm³/mol. The number of imidazole rings is 1. The minimum atomic E-state index is -1.41. The molecule has 4 rings (SSSR count). The van der Waals surface area contributed by atoms with Crippen LogP contribution in [0.3, 0.4) is 0 Å². The van der Waals surface area contributed by atoms with Crippen LogP contribution in [0.4, 0.5) is 0 Å². The molecule has 0 saturated heterocycles. The summed E-state index contributed by atoms with van der Waals surface area (Å²) in [6, 6.07) is 25.2. The minimum Gasteiger partial charge on any atom is -0.396 e. The van der Waals surface area contributed by atoms with Crippen LogP contribution in [0.1, 0.15) is 29.4 Å². The molecule has 0 unspecified atom stereocenters. The quantitative estimate of drug-likeness (QED) is 0.411. The van der Waals surface area contributed by atoms with Gasteiger partial charge in [-0.3, -0.25) is 0 Å². The Labute approximate surface area is 182 Å². The van der Waals surface area contributed by atoms with E-state index in [1.165, 1.54) is 0 Å². The molecule has 1 heterocycles. The molecule has 0 amide bonds. The van der Waals surface area contributed by atoms with E-state index in [4.69, 9.17) is 4.98 Å². The fourth-order valence-corrected chi connectivity index (χ4v) is 4.20. The van der Waals surface area contributed by atoms with Crippen LogP contribution in [0.5, 0.6) is 0 Å². The van der Waals surface area contributed by atoms with Crippen molar-refractivity contribution < 1.29 is 15.3 Å². The molecule has 4 aromatic rings. The lowest BCUT2D eigenvalue weighted by Gasteiger charge is -2.29. The zero-order chi connectivity index (χ0) is 21.8. The molecule has 0 bridgehead atoms. The van der Waals surface area contributed by atoms with Gasteiger partial charge in [-0.25, -0.2) is 4.98 Å². The molecule has 0 saturated carbocycles. The summed E-state index contributed by atoms with van der Waals surface area (Å²) in [4.78, 5) is 4.88. The standard InChI is InChI=1S/C26H28N2O3/c1-2-28-24-16-19(15-20(17-29)18-30)13-14-23(24)27-25(28)26(31,21-9-5-3-6-10-21)22-11-7-4-8-12-22/h3-14,16,20,29-31H,2,15,17-18H2,1H3. The molecule has 0 aliphatic carbocycles. The maximum absolute atomic E-state index is 12.2.